The third-order valence-corrected chi connectivity index (χ3v) is 5.89. The molecule has 1 aliphatic carbocycles. The molecule has 2 aromatic rings. The fourth-order valence-electron chi connectivity index (χ4n) is 4.32. The number of aromatic nitrogens is 2. The van der Waals surface area contributed by atoms with Crippen molar-refractivity contribution >= 4 is 11.7 Å². The lowest BCUT2D eigenvalue weighted by Crippen LogP contribution is -2.45. The largest absolute Gasteiger partial charge is 0.355 e. The van der Waals surface area contributed by atoms with Crippen LogP contribution in [0.1, 0.15) is 30.5 Å². The molecule has 1 N–H and O–H groups in total. The zero-order valence-corrected chi connectivity index (χ0v) is 17.5. The number of rotatable bonds is 6. The SMILES string of the molecule is CN(C)CCNC(=O)[C@@H]1CCCN(c2nc(-c3ccccc3)nc3c2CCC3)C1. The number of carbonyl (C=O) groups is 1. The molecule has 0 saturated carbocycles. The van der Waals surface area contributed by atoms with Crippen molar-refractivity contribution < 1.29 is 4.79 Å². The Kier molecular flexibility index (Phi) is 6.09. The van der Waals surface area contributed by atoms with Gasteiger partial charge in [0.25, 0.3) is 0 Å². The molecular formula is C23H31N5O. The molecule has 0 spiro atoms. The zero-order valence-electron chi connectivity index (χ0n) is 17.5. The molecule has 1 fully saturated rings. The average Bonchev–Trinajstić information content (AvgIpc) is 3.22. The average molecular weight is 394 g/mol. The molecule has 0 bridgehead atoms. The third-order valence-electron chi connectivity index (χ3n) is 5.89. The molecule has 1 aromatic carbocycles. The van der Waals surface area contributed by atoms with Crippen LogP contribution in [0.15, 0.2) is 30.3 Å². The molecule has 1 aliphatic heterocycles. The number of aryl methyl sites for hydroxylation is 1. The molecule has 0 radical (unpaired) electrons. The van der Waals surface area contributed by atoms with Crippen molar-refractivity contribution in [3.8, 4) is 11.4 Å². The van der Waals surface area contributed by atoms with E-state index < -0.39 is 0 Å². The minimum atomic E-state index is 0.0260. The number of carbonyl (C=O) groups excluding carboxylic acids is 1. The fourth-order valence-corrected chi connectivity index (χ4v) is 4.32. The number of piperidine rings is 1. The number of likely N-dealkylation sites (N-methyl/N-ethyl adjacent to an activating group) is 1. The molecule has 154 valence electrons. The van der Waals surface area contributed by atoms with Crippen LogP contribution in [0.25, 0.3) is 11.4 Å². The van der Waals surface area contributed by atoms with Crippen LogP contribution in [0.3, 0.4) is 0 Å². The summed E-state index contributed by atoms with van der Waals surface area (Å²) in [5, 5.41) is 3.11. The molecule has 1 atom stereocenters. The van der Waals surface area contributed by atoms with E-state index in [1.54, 1.807) is 0 Å². The molecular weight excluding hydrogens is 362 g/mol. The molecule has 2 aliphatic rings. The first-order valence-corrected chi connectivity index (χ1v) is 10.7. The van der Waals surface area contributed by atoms with E-state index in [0.29, 0.717) is 6.54 Å². The van der Waals surface area contributed by atoms with Crippen molar-refractivity contribution in [1.29, 1.82) is 0 Å². The van der Waals surface area contributed by atoms with E-state index >= 15 is 0 Å². The van der Waals surface area contributed by atoms with Gasteiger partial charge in [0.2, 0.25) is 5.91 Å². The number of anilines is 1. The van der Waals surface area contributed by atoms with Gasteiger partial charge in [-0.05, 0) is 46.2 Å². The maximum atomic E-state index is 12.7. The summed E-state index contributed by atoms with van der Waals surface area (Å²) in [6, 6.07) is 10.2. The first kappa shape index (κ1) is 19.8. The van der Waals surface area contributed by atoms with E-state index in [-0.39, 0.29) is 11.8 Å². The highest BCUT2D eigenvalue weighted by Crippen LogP contribution is 2.33. The quantitative estimate of drug-likeness (QED) is 0.817. The second kappa shape index (κ2) is 8.91. The molecule has 29 heavy (non-hydrogen) atoms. The maximum Gasteiger partial charge on any atom is 0.224 e. The zero-order chi connectivity index (χ0) is 20.2. The number of hydrogen-bond acceptors (Lipinski definition) is 5. The topological polar surface area (TPSA) is 61.4 Å². The number of nitrogens with zero attached hydrogens (tertiary/aromatic N) is 4. The first-order chi connectivity index (χ1) is 14.1. The van der Waals surface area contributed by atoms with Crippen molar-refractivity contribution in [2.24, 2.45) is 5.92 Å². The van der Waals surface area contributed by atoms with Crippen LogP contribution in [0, 0.1) is 5.92 Å². The van der Waals surface area contributed by atoms with Crippen LogP contribution in [-0.2, 0) is 17.6 Å². The molecule has 6 heteroatoms. The number of hydrogen-bond donors (Lipinski definition) is 1. The highest BCUT2D eigenvalue weighted by molar-refractivity contribution is 5.79. The molecule has 1 aromatic heterocycles. The van der Waals surface area contributed by atoms with Crippen molar-refractivity contribution in [2.45, 2.75) is 32.1 Å². The van der Waals surface area contributed by atoms with Gasteiger partial charge in [0.15, 0.2) is 5.82 Å². The summed E-state index contributed by atoms with van der Waals surface area (Å²) in [6.45, 7) is 3.26. The summed E-state index contributed by atoms with van der Waals surface area (Å²) in [6.07, 6.45) is 5.16. The smallest absolute Gasteiger partial charge is 0.224 e. The summed E-state index contributed by atoms with van der Waals surface area (Å²) in [5.41, 5.74) is 3.53. The number of nitrogens with one attached hydrogen (secondary N) is 1. The van der Waals surface area contributed by atoms with Crippen molar-refractivity contribution in [1.82, 2.24) is 20.2 Å². The second-order valence-corrected chi connectivity index (χ2v) is 8.40. The summed E-state index contributed by atoms with van der Waals surface area (Å²) in [7, 11) is 4.04. The van der Waals surface area contributed by atoms with E-state index in [0.717, 1.165) is 68.9 Å². The lowest BCUT2D eigenvalue weighted by molar-refractivity contribution is -0.125. The Hall–Kier alpha value is -2.47. The predicted molar refractivity (Wildman–Crippen MR) is 116 cm³/mol. The molecule has 0 unspecified atom stereocenters. The molecule has 2 heterocycles. The Morgan fingerprint density at radius 3 is 2.79 bits per heavy atom. The molecule has 1 saturated heterocycles. The summed E-state index contributed by atoms with van der Waals surface area (Å²) in [4.78, 5) is 27.0. The third kappa shape index (κ3) is 4.58. The van der Waals surface area contributed by atoms with Crippen LogP contribution in [0.2, 0.25) is 0 Å². The van der Waals surface area contributed by atoms with Crippen LogP contribution in [-0.4, -0.2) is 61.0 Å². The normalized spacial score (nSPS) is 18.7. The highest BCUT2D eigenvalue weighted by Gasteiger charge is 2.30. The Morgan fingerprint density at radius 1 is 1.17 bits per heavy atom. The van der Waals surface area contributed by atoms with E-state index in [1.807, 2.05) is 32.3 Å². The lowest BCUT2D eigenvalue weighted by Gasteiger charge is -2.34. The number of benzene rings is 1. The van der Waals surface area contributed by atoms with E-state index in [1.165, 1.54) is 11.3 Å². The fraction of sp³-hybridized carbons (Fsp3) is 0.522. The van der Waals surface area contributed by atoms with Gasteiger partial charge in [0.05, 0.1) is 5.92 Å². The van der Waals surface area contributed by atoms with Crippen molar-refractivity contribution in [2.75, 3.05) is 45.2 Å². The molecule has 4 rings (SSSR count). The van der Waals surface area contributed by atoms with Crippen LogP contribution >= 0.6 is 0 Å². The summed E-state index contributed by atoms with van der Waals surface area (Å²) < 4.78 is 0. The van der Waals surface area contributed by atoms with Gasteiger partial charge >= 0.3 is 0 Å². The Balaban J connectivity index is 1.54. The van der Waals surface area contributed by atoms with Gasteiger partial charge in [0, 0.05) is 43.0 Å². The number of amides is 1. The second-order valence-electron chi connectivity index (χ2n) is 8.40. The monoisotopic (exact) mass is 393 g/mol. The van der Waals surface area contributed by atoms with E-state index in [2.05, 4.69) is 27.2 Å². The van der Waals surface area contributed by atoms with E-state index in [4.69, 9.17) is 9.97 Å². The lowest BCUT2D eigenvalue weighted by atomic mass is 9.96. The van der Waals surface area contributed by atoms with Crippen molar-refractivity contribution in [3.63, 3.8) is 0 Å². The Bertz CT molecular complexity index is 852. The maximum absolute atomic E-state index is 12.7. The Labute approximate surface area is 173 Å². The van der Waals surface area contributed by atoms with Crippen LogP contribution in [0.5, 0.6) is 0 Å². The number of fused-ring (bicyclic) bond motifs is 1. The van der Waals surface area contributed by atoms with Gasteiger partial charge in [0.1, 0.15) is 5.82 Å². The van der Waals surface area contributed by atoms with Crippen molar-refractivity contribution in [3.05, 3.63) is 41.6 Å². The predicted octanol–water partition coefficient (Wildman–Crippen LogP) is 2.53. The van der Waals surface area contributed by atoms with Gasteiger partial charge in [-0.1, -0.05) is 30.3 Å². The standard InChI is InChI=1S/C23H31N5O/c1-27(2)15-13-24-23(29)18-10-7-14-28(16-18)22-19-11-6-12-20(19)25-21(26-22)17-8-4-3-5-9-17/h3-5,8-9,18H,6-7,10-16H2,1-2H3,(H,24,29)/t18-/m1/s1. The minimum absolute atomic E-state index is 0.0260. The van der Waals surface area contributed by atoms with Gasteiger partial charge in [-0.15, -0.1) is 0 Å². The van der Waals surface area contributed by atoms with Gasteiger partial charge in [-0.2, -0.15) is 0 Å². The molecule has 6 nitrogen and oxygen atoms in total. The van der Waals surface area contributed by atoms with E-state index in [9.17, 15) is 4.79 Å². The Morgan fingerprint density at radius 2 is 2.00 bits per heavy atom. The minimum Gasteiger partial charge on any atom is -0.355 e. The summed E-state index contributed by atoms with van der Waals surface area (Å²) >= 11 is 0. The molecule has 1 amide bonds. The first-order valence-electron chi connectivity index (χ1n) is 10.7. The van der Waals surface area contributed by atoms with Gasteiger partial charge in [-0.25, -0.2) is 9.97 Å². The van der Waals surface area contributed by atoms with Gasteiger partial charge < -0.3 is 15.1 Å². The van der Waals surface area contributed by atoms with Crippen LogP contribution in [0.4, 0.5) is 5.82 Å². The van der Waals surface area contributed by atoms with Crippen LogP contribution < -0.4 is 10.2 Å². The van der Waals surface area contributed by atoms with Gasteiger partial charge in [-0.3, -0.25) is 4.79 Å². The summed E-state index contributed by atoms with van der Waals surface area (Å²) in [5.74, 6) is 2.06. The highest BCUT2D eigenvalue weighted by atomic mass is 16.1.